The molecule has 1 aliphatic rings. The van der Waals surface area contributed by atoms with E-state index >= 15 is 0 Å². The summed E-state index contributed by atoms with van der Waals surface area (Å²) in [5.74, 6) is -0.459. The van der Waals surface area contributed by atoms with E-state index in [2.05, 4.69) is 10.2 Å². The van der Waals surface area contributed by atoms with Crippen molar-refractivity contribution in [2.75, 3.05) is 31.7 Å². The highest BCUT2D eigenvalue weighted by atomic mass is 32.1. The number of ether oxygens (including phenoxy) is 2. The van der Waals surface area contributed by atoms with Crippen molar-refractivity contribution in [2.24, 2.45) is 5.92 Å². The molecule has 1 saturated heterocycles. The second kappa shape index (κ2) is 11.1. The Balaban J connectivity index is 1.32. The van der Waals surface area contributed by atoms with Crippen LogP contribution < -0.4 is 9.64 Å². The highest BCUT2D eigenvalue weighted by Gasteiger charge is 2.36. The number of methoxy groups -OCH3 is 1. The van der Waals surface area contributed by atoms with Gasteiger partial charge in [-0.2, -0.15) is 0 Å². The summed E-state index contributed by atoms with van der Waals surface area (Å²) in [5, 5.41) is 9.97. The largest absolute Gasteiger partial charge is 0.497 e. The van der Waals surface area contributed by atoms with Gasteiger partial charge in [0.15, 0.2) is 6.61 Å². The number of carbonyl (C=O) groups is 3. The van der Waals surface area contributed by atoms with Crippen LogP contribution in [0.5, 0.6) is 5.75 Å². The predicted octanol–water partition coefficient (Wildman–Crippen LogP) is 3.14. The van der Waals surface area contributed by atoms with Crippen molar-refractivity contribution in [3.63, 3.8) is 0 Å². The lowest BCUT2D eigenvalue weighted by molar-refractivity contribution is -0.155. The molecule has 2 amide bonds. The van der Waals surface area contributed by atoms with Crippen LogP contribution >= 0.6 is 11.3 Å². The molecule has 0 spiro atoms. The van der Waals surface area contributed by atoms with Crippen molar-refractivity contribution >= 4 is 34.8 Å². The van der Waals surface area contributed by atoms with Gasteiger partial charge >= 0.3 is 5.97 Å². The van der Waals surface area contributed by atoms with Gasteiger partial charge in [-0.1, -0.05) is 19.1 Å². The summed E-state index contributed by atoms with van der Waals surface area (Å²) in [5.41, 5.74) is 0.649. The quantitative estimate of drug-likeness (QED) is 0.392. The normalized spacial score (nSPS) is 15.3. The van der Waals surface area contributed by atoms with Gasteiger partial charge < -0.3 is 23.7 Å². The van der Waals surface area contributed by atoms with Crippen LogP contribution in [0.15, 0.2) is 46.2 Å². The van der Waals surface area contributed by atoms with E-state index in [0.717, 1.165) is 4.88 Å². The van der Waals surface area contributed by atoms with Crippen LogP contribution in [-0.4, -0.2) is 59.7 Å². The minimum atomic E-state index is -0.648. The molecule has 4 rings (SSSR count). The minimum absolute atomic E-state index is 0.0242. The maximum absolute atomic E-state index is 12.8. The van der Waals surface area contributed by atoms with Crippen LogP contribution in [0.25, 0.3) is 10.8 Å². The Morgan fingerprint density at radius 1 is 1.26 bits per heavy atom. The van der Waals surface area contributed by atoms with E-state index in [-0.39, 0.29) is 31.3 Å². The Kier molecular flexibility index (Phi) is 7.76. The summed E-state index contributed by atoms with van der Waals surface area (Å²) in [7, 11) is 1.55. The second-order valence-electron chi connectivity index (χ2n) is 8.01. The number of hydrogen-bond acceptors (Lipinski definition) is 9. The van der Waals surface area contributed by atoms with Crippen LogP contribution in [0.4, 0.5) is 5.69 Å². The Bertz CT molecular complexity index is 1180. The van der Waals surface area contributed by atoms with E-state index in [0.29, 0.717) is 36.2 Å². The molecule has 1 fully saturated rings. The molecule has 3 heterocycles. The standard InChI is InChI=1S/C24H26N4O6S/c1-3-9-27(14-20-25-26-23(34-20)19-8-5-10-35-19)22(30)15-33-24(31)16-11-21(29)28(13-16)17-6-4-7-18(12-17)32-2/h4-8,10,12,16H,3,9,11,13-15H2,1-2H3. The van der Waals surface area contributed by atoms with Crippen molar-refractivity contribution in [3.05, 3.63) is 47.7 Å². The molecule has 0 bridgehead atoms. The number of hydrogen-bond donors (Lipinski definition) is 0. The number of esters is 1. The van der Waals surface area contributed by atoms with Crippen LogP contribution in [0, 0.1) is 5.92 Å². The third-order valence-electron chi connectivity index (χ3n) is 5.53. The number of rotatable bonds is 10. The molecule has 2 aromatic heterocycles. The smallest absolute Gasteiger partial charge is 0.311 e. The molecule has 0 N–H and O–H groups in total. The Hall–Kier alpha value is -3.73. The van der Waals surface area contributed by atoms with Crippen molar-refractivity contribution in [3.8, 4) is 16.5 Å². The molecular formula is C24H26N4O6S. The first-order chi connectivity index (χ1) is 17.0. The van der Waals surface area contributed by atoms with Gasteiger partial charge in [-0.25, -0.2) is 0 Å². The Morgan fingerprint density at radius 2 is 2.11 bits per heavy atom. The first-order valence-corrected chi connectivity index (χ1v) is 12.1. The average Bonchev–Trinajstić information content (AvgIpc) is 3.63. The molecule has 1 atom stereocenters. The van der Waals surface area contributed by atoms with Crippen molar-refractivity contribution in [1.82, 2.24) is 15.1 Å². The van der Waals surface area contributed by atoms with Crippen molar-refractivity contribution < 1.29 is 28.3 Å². The summed E-state index contributed by atoms with van der Waals surface area (Å²) < 4.78 is 16.2. The lowest BCUT2D eigenvalue weighted by atomic mass is 10.1. The molecule has 35 heavy (non-hydrogen) atoms. The van der Waals surface area contributed by atoms with Crippen LogP contribution in [0.2, 0.25) is 0 Å². The number of aromatic nitrogens is 2. The van der Waals surface area contributed by atoms with E-state index in [1.165, 1.54) is 21.1 Å². The van der Waals surface area contributed by atoms with E-state index in [1.54, 1.807) is 31.4 Å². The average molecular weight is 499 g/mol. The number of carbonyl (C=O) groups excluding carboxylic acids is 3. The fourth-order valence-electron chi connectivity index (χ4n) is 3.78. The van der Waals surface area contributed by atoms with Gasteiger partial charge in [0.25, 0.3) is 11.8 Å². The molecule has 11 heteroatoms. The summed E-state index contributed by atoms with van der Waals surface area (Å²) in [6.45, 7) is 2.26. The molecule has 0 radical (unpaired) electrons. The van der Waals surface area contributed by atoms with E-state index < -0.39 is 18.5 Å². The molecule has 10 nitrogen and oxygen atoms in total. The highest BCUT2D eigenvalue weighted by molar-refractivity contribution is 7.13. The second-order valence-corrected chi connectivity index (χ2v) is 8.96. The molecule has 3 aromatic rings. The molecular weight excluding hydrogens is 472 g/mol. The van der Waals surface area contributed by atoms with Crippen molar-refractivity contribution in [2.45, 2.75) is 26.3 Å². The third-order valence-corrected chi connectivity index (χ3v) is 6.39. The van der Waals surface area contributed by atoms with Gasteiger partial charge in [0.2, 0.25) is 11.8 Å². The van der Waals surface area contributed by atoms with Gasteiger partial charge in [0, 0.05) is 31.3 Å². The number of amides is 2. The van der Waals surface area contributed by atoms with E-state index in [4.69, 9.17) is 13.9 Å². The topological polar surface area (TPSA) is 115 Å². The molecule has 184 valence electrons. The van der Waals surface area contributed by atoms with Gasteiger partial charge in [0.05, 0.1) is 24.4 Å². The summed E-state index contributed by atoms with van der Waals surface area (Å²) in [4.78, 5) is 41.8. The van der Waals surface area contributed by atoms with E-state index in [9.17, 15) is 14.4 Å². The maximum Gasteiger partial charge on any atom is 0.311 e. The summed E-state index contributed by atoms with van der Waals surface area (Å²) >= 11 is 1.48. The van der Waals surface area contributed by atoms with Crippen LogP contribution in [0.3, 0.4) is 0 Å². The fourth-order valence-corrected chi connectivity index (χ4v) is 4.42. The predicted molar refractivity (Wildman–Crippen MR) is 128 cm³/mol. The maximum atomic E-state index is 12.8. The zero-order valence-electron chi connectivity index (χ0n) is 19.5. The first kappa shape index (κ1) is 24.4. The van der Waals surface area contributed by atoms with Crippen molar-refractivity contribution in [1.29, 1.82) is 0 Å². The monoisotopic (exact) mass is 498 g/mol. The third kappa shape index (κ3) is 5.86. The summed E-state index contributed by atoms with van der Waals surface area (Å²) in [6, 6.07) is 10.8. The zero-order chi connectivity index (χ0) is 24.8. The zero-order valence-corrected chi connectivity index (χ0v) is 20.3. The lowest BCUT2D eigenvalue weighted by Crippen LogP contribution is -2.36. The van der Waals surface area contributed by atoms with Crippen LogP contribution in [-0.2, 0) is 25.7 Å². The highest BCUT2D eigenvalue weighted by Crippen LogP contribution is 2.28. The molecule has 1 aromatic carbocycles. The number of benzene rings is 1. The fraction of sp³-hybridized carbons (Fsp3) is 0.375. The minimum Gasteiger partial charge on any atom is -0.497 e. The SMILES string of the molecule is CCCN(Cc1nnc(-c2cccs2)o1)C(=O)COC(=O)C1CC(=O)N(c2cccc(OC)c2)C1. The number of anilines is 1. The van der Waals surface area contributed by atoms with Gasteiger partial charge in [-0.3, -0.25) is 14.4 Å². The molecule has 0 aliphatic carbocycles. The molecule has 1 unspecified atom stereocenters. The lowest BCUT2D eigenvalue weighted by Gasteiger charge is -2.20. The van der Waals surface area contributed by atoms with Gasteiger partial charge in [-0.15, -0.1) is 21.5 Å². The number of thiophene rings is 1. The van der Waals surface area contributed by atoms with Gasteiger partial charge in [-0.05, 0) is 30.0 Å². The molecule has 0 saturated carbocycles. The van der Waals surface area contributed by atoms with Crippen LogP contribution in [0.1, 0.15) is 25.7 Å². The number of nitrogens with zero attached hydrogens (tertiary/aromatic N) is 4. The first-order valence-electron chi connectivity index (χ1n) is 11.2. The Labute approximate surface area is 206 Å². The van der Waals surface area contributed by atoms with E-state index in [1.807, 2.05) is 24.4 Å². The van der Waals surface area contributed by atoms with Gasteiger partial charge in [0.1, 0.15) is 5.75 Å². The Morgan fingerprint density at radius 3 is 2.86 bits per heavy atom. The summed E-state index contributed by atoms with van der Waals surface area (Å²) in [6.07, 6.45) is 0.731. The molecule has 1 aliphatic heterocycles.